The standard InChI is InChI=1S/C30H41NO4/c1-5-6-7-8-9-10-11-23-12-16-27(17-13-23)34-22-26(32)21-31-19-18-24-14-15-25(20-28(24)31)29(33)35-30(2,3)4/h12-20,26,32H,5-11,21-22H2,1-4H3. The van der Waals surface area contributed by atoms with Crippen LogP contribution in [0.5, 0.6) is 5.75 Å². The monoisotopic (exact) mass is 479 g/mol. The van der Waals surface area contributed by atoms with Crippen molar-refractivity contribution >= 4 is 16.9 Å². The fourth-order valence-corrected chi connectivity index (χ4v) is 4.14. The van der Waals surface area contributed by atoms with Gasteiger partial charge >= 0.3 is 5.97 Å². The molecule has 190 valence electrons. The molecule has 0 radical (unpaired) electrons. The SMILES string of the molecule is CCCCCCCCc1ccc(OCC(O)Cn2ccc3ccc(C(=O)OC(C)(C)C)cc32)cc1. The third-order valence-electron chi connectivity index (χ3n) is 6.00. The molecule has 35 heavy (non-hydrogen) atoms. The molecule has 1 N–H and O–H groups in total. The number of carbonyl (C=O) groups excluding carboxylic acids is 1. The van der Waals surface area contributed by atoms with Gasteiger partial charge in [-0.05, 0) is 74.9 Å². The van der Waals surface area contributed by atoms with E-state index in [1.807, 2.05) is 61.9 Å². The average Bonchev–Trinajstić information content (AvgIpc) is 3.21. The Kier molecular flexibility index (Phi) is 9.79. The quantitative estimate of drug-likeness (QED) is 0.213. The second-order valence-electron chi connectivity index (χ2n) is 10.4. The van der Waals surface area contributed by atoms with Gasteiger partial charge in [0.2, 0.25) is 0 Å². The van der Waals surface area contributed by atoms with Crippen molar-refractivity contribution in [2.24, 2.45) is 0 Å². The van der Waals surface area contributed by atoms with Gasteiger partial charge in [0.25, 0.3) is 0 Å². The number of benzene rings is 2. The van der Waals surface area contributed by atoms with Gasteiger partial charge in [-0.3, -0.25) is 0 Å². The lowest BCUT2D eigenvalue weighted by atomic mass is 10.0. The normalized spacial score (nSPS) is 12.6. The molecule has 0 aliphatic rings. The van der Waals surface area contributed by atoms with Gasteiger partial charge in [0, 0.05) is 11.7 Å². The Bertz CT molecular complexity index is 1060. The lowest BCUT2D eigenvalue weighted by Crippen LogP contribution is -2.24. The molecule has 0 aliphatic carbocycles. The van der Waals surface area contributed by atoms with Crippen LogP contribution in [0.15, 0.2) is 54.7 Å². The highest BCUT2D eigenvalue weighted by molar-refractivity contribution is 5.94. The Morgan fingerprint density at radius 1 is 0.971 bits per heavy atom. The van der Waals surface area contributed by atoms with E-state index in [0.717, 1.165) is 23.1 Å². The van der Waals surface area contributed by atoms with Crippen molar-refractivity contribution in [1.29, 1.82) is 0 Å². The van der Waals surface area contributed by atoms with Crippen LogP contribution in [0.25, 0.3) is 10.9 Å². The van der Waals surface area contributed by atoms with Crippen molar-refractivity contribution in [1.82, 2.24) is 4.57 Å². The van der Waals surface area contributed by atoms with Gasteiger partial charge in [-0.15, -0.1) is 0 Å². The van der Waals surface area contributed by atoms with Crippen LogP contribution in [0.1, 0.15) is 82.1 Å². The second-order valence-corrected chi connectivity index (χ2v) is 10.4. The van der Waals surface area contributed by atoms with Crippen LogP contribution >= 0.6 is 0 Å². The largest absolute Gasteiger partial charge is 0.491 e. The highest BCUT2D eigenvalue weighted by Gasteiger charge is 2.19. The number of aryl methyl sites for hydroxylation is 1. The predicted molar refractivity (Wildman–Crippen MR) is 142 cm³/mol. The molecule has 1 heterocycles. The van der Waals surface area contributed by atoms with E-state index in [1.54, 1.807) is 6.07 Å². The number of aliphatic hydroxyl groups excluding tert-OH is 1. The number of ether oxygens (including phenoxy) is 2. The van der Waals surface area contributed by atoms with E-state index in [-0.39, 0.29) is 12.6 Å². The van der Waals surface area contributed by atoms with Crippen LogP contribution in [0, 0.1) is 0 Å². The summed E-state index contributed by atoms with van der Waals surface area (Å²) in [5.41, 5.74) is 2.16. The Morgan fingerprint density at radius 3 is 2.40 bits per heavy atom. The summed E-state index contributed by atoms with van der Waals surface area (Å²) < 4.78 is 13.3. The summed E-state index contributed by atoms with van der Waals surface area (Å²) in [4.78, 5) is 12.5. The molecule has 3 aromatic rings. The van der Waals surface area contributed by atoms with Gasteiger partial charge in [0.1, 0.15) is 24.1 Å². The minimum atomic E-state index is -0.682. The molecule has 1 aromatic heterocycles. The van der Waals surface area contributed by atoms with Crippen molar-refractivity contribution < 1.29 is 19.4 Å². The first-order chi connectivity index (χ1) is 16.7. The number of aromatic nitrogens is 1. The molecule has 0 fully saturated rings. The van der Waals surface area contributed by atoms with E-state index >= 15 is 0 Å². The minimum Gasteiger partial charge on any atom is -0.491 e. The molecule has 5 heteroatoms. The number of aliphatic hydroxyl groups is 1. The minimum absolute atomic E-state index is 0.197. The Labute approximate surface area is 210 Å². The van der Waals surface area contributed by atoms with Gasteiger partial charge < -0.3 is 19.1 Å². The molecule has 0 saturated heterocycles. The predicted octanol–water partition coefficient (Wildman–Crippen LogP) is 6.94. The molecule has 0 spiro atoms. The maximum Gasteiger partial charge on any atom is 0.338 e. The van der Waals surface area contributed by atoms with Gasteiger partial charge in [-0.25, -0.2) is 4.79 Å². The summed E-state index contributed by atoms with van der Waals surface area (Å²) in [6.07, 6.45) is 10.1. The number of carbonyl (C=O) groups is 1. The number of esters is 1. The number of rotatable bonds is 13. The Hall–Kier alpha value is -2.79. The van der Waals surface area contributed by atoms with Crippen LogP contribution in [-0.2, 0) is 17.7 Å². The molecule has 5 nitrogen and oxygen atoms in total. The first kappa shape index (κ1) is 26.8. The molecule has 3 rings (SSSR count). The summed E-state index contributed by atoms with van der Waals surface area (Å²) in [7, 11) is 0. The molecule has 0 aliphatic heterocycles. The Balaban J connectivity index is 1.49. The average molecular weight is 480 g/mol. The third-order valence-corrected chi connectivity index (χ3v) is 6.00. The summed E-state index contributed by atoms with van der Waals surface area (Å²) in [6.45, 7) is 8.37. The molecule has 1 unspecified atom stereocenters. The van der Waals surface area contributed by atoms with Crippen molar-refractivity contribution in [3.05, 3.63) is 65.9 Å². The van der Waals surface area contributed by atoms with Crippen molar-refractivity contribution in [3.8, 4) is 5.75 Å². The van der Waals surface area contributed by atoms with Gasteiger partial charge in [-0.2, -0.15) is 0 Å². The maximum absolute atomic E-state index is 12.5. The highest BCUT2D eigenvalue weighted by Crippen LogP contribution is 2.21. The first-order valence-electron chi connectivity index (χ1n) is 13.0. The van der Waals surface area contributed by atoms with E-state index in [4.69, 9.17) is 9.47 Å². The zero-order valence-electron chi connectivity index (χ0n) is 21.8. The summed E-state index contributed by atoms with van der Waals surface area (Å²) >= 11 is 0. The van der Waals surface area contributed by atoms with Crippen LogP contribution in [0.3, 0.4) is 0 Å². The van der Waals surface area contributed by atoms with Crippen molar-refractivity contribution in [2.45, 2.75) is 90.9 Å². The molecule has 0 saturated carbocycles. The van der Waals surface area contributed by atoms with Crippen molar-refractivity contribution in [2.75, 3.05) is 6.61 Å². The number of hydrogen-bond donors (Lipinski definition) is 1. The molecular weight excluding hydrogens is 438 g/mol. The fraction of sp³-hybridized carbons (Fsp3) is 0.500. The number of fused-ring (bicyclic) bond motifs is 1. The molecular formula is C30H41NO4. The van der Waals surface area contributed by atoms with Crippen LogP contribution in [0.2, 0.25) is 0 Å². The van der Waals surface area contributed by atoms with Gasteiger partial charge in [0.15, 0.2) is 0 Å². The molecule has 1 atom stereocenters. The van der Waals surface area contributed by atoms with E-state index in [2.05, 4.69) is 19.1 Å². The van der Waals surface area contributed by atoms with Crippen LogP contribution in [-0.4, -0.2) is 34.0 Å². The lowest BCUT2D eigenvalue weighted by molar-refractivity contribution is 0.00696. The second kappa shape index (κ2) is 12.8. The maximum atomic E-state index is 12.5. The van der Waals surface area contributed by atoms with E-state index in [0.29, 0.717) is 12.1 Å². The van der Waals surface area contributed by atoms with E-state index in [9.17, 15) is 9.90 Å². The molecule has 2 aromatic carbocycles. The summed E-state index contributed by atoms with van der Waals surface area (Å²) in [5.74, 6) is 0.413. The first-order valence-corrected chi connectivity index (χ1v) is 13.0. The Morgan fingerprint density at radius 2 is 1.69 bits per heavy atom. The molecule has 0 bridgehead atoms. The van der Waals surface area contributed by atoms with Crippen molar-refractivity contribution in [3.63, 3.8) is 0 Å². The van der Waals surface area contributed by atoms with E-state index < -0.39 is 11.7 Å². The smallest absolute Gasteiger partial charge is 0.338 e. The number of nitrogens with zero attached hydrogens (tertiary/aromatic N) is 1. The van der Waals surface area contributed by atoms with Gasteiger partial charge in [0.05, 0.1) is 12.1 Å². The zero-order chi connectivity index (χ0) is 25.3. The summed E-state index contributed by atoms with van der Waals surface area (Å²) in [6, 6.07) is 15.7. The van der Waals surface area contributed by atoms with Crippen LogP contribution < -0.4 is 4.74 Å². The number of unbranched alkanes of at least 4 members (excludes halogenated alkanes) is 5. The topological polar surface area (TPSA) is 60.7 Å². The lowest BCUT2D eigenvalue weighted by Gasteiger charge is -2.19. The van der Waals surface area contributed by atoms with Crippen LogP contribution in [0.4, 0.5) is 0 Å². The van der Waals surface area contributed by atoms with E-state index in [1.165, 1.54) is 44.1 Å². The number of hydrogen-bond acceptors (Lipinski definition) is 4. The van der Waals surface area contributed by atoms with Gasteiger partial charge in [-0.1, -0.05) is 57.2 Å². The third kappa shape index (κ3) is 8.74. The summed E-state index contributed by atoms with van der Waals surface area (Å²) in [5, 5.41) is 11.6. The fourth-order valence-electron chi connectivity index (χ4n) is 4.14. The molecule has 0 amide bonds. The zero-order valence-corrected chi connectivity index (χ0v) is 21.8. The highest BCUT2D eigenvalue weighted by atomic mass is 16.6.